The predicted molar refractivity (Wildman–Crippen MR) is 73.1 cm³/mol. The number of nitrogens with zero attached hydrogens (tertiary/aromatic N) is 1. The number of carboxylic acid groups (broad SMARTS) is 1. The van der Waals surface area contributed by atoms with Crippen molar-refractivity contribution in [2.75, 3.05) is 20.2 Å². The Hall–Kier alpha value is -1.88. The van der Waals surface area contributed by atoms with Crippen LogP contribution in [-0.4, -0.2) is 42.1 Å². The van der Waals surface area contributed by atoms with Gasteiger partial charge in [0.2, 0.25) is 0 Å². The lowest BCUT2D eigenvalue weighted by molar-refractivity contribution is -0.149. The number of rotatable bonds is 4. The largest absolute Gasteiger partial charge is 0.481 e. The first-order chi connectivity index (χ1) is 9.63. The summed E-state index contributed by atoms with van der Waals surface area (Å²) < 4.78 is 5.31. The minimum atomic E-state index is -0.837. The molecule has 1 aliphatic heterocycles. The number of piperidine rings is 1. The van der Waals surface area contributed by atoms with E-state index in [9.17, 15) is 9.59 Å². The van der Waals surface area contributed by atoms with Gasteiger partial charge in [-0.05, 0) is 18.4 Å². The maximum absolute atomic E-state index is 12.5. The van der Waals surface area contributed by atoms with Crippen LogP contribution in [0.3, 0.4) is 0 Å². The van der Waals surface area contributed by atoms with Gasteiger partial charge >= 0.3 is 5.97 Å². The molecule has 1 N–H and O–H groups in total. The normalized spacial score (nSPS) is 20.4. The van der Waals surface area contributed by atoms with Crippen LogP contribution in [0.4, 0.5) is 0 Å². The Morgan fingerprint density at radius 3 is 2.65 bits per heavy atom. The molecule has 1 aromatic carbocycles. The number of amides is 1. The van der Waals surface area contributed by atoms with Crippen LogP contribution in [0.2, 0.25) is 0 Å². The summed E-state index contributed by atoms with van der Waals surface area (Å²) >= 11 is 0. The highest BCUT2D eigenvalue weighted by atomic mass is 16.5. The van der Waals surface area contributed by atoms with Crippen molar-refractivity contribution in [2.24, 2.45) is 5.92 Å². The van der Waals surface area contributed by atoms with Gasteiger partial charge in [-0.2, -0.15) is 0 Å². The van der Waals surface area contributed by atoms with E-state index in [0.717, 1.165) is 5.56 Å². The zero-order valence-corrected chi connectivity index (χ0v) is 11.5. The standard InChI is InChI=1S/C15H19NO4/c1-20-13(11-6-3-2-4-7-11)14(17)16-9-5-8-12(10-16)15(18)19/h2-4,6-7,12-13H,5,8-10H2,1H3,(H,18,19)/t12-,13?/m1/s1. The van der Waals surface area contributed by atoms with Crippen molar-refractivity contribution < 1.29 is 19.4 Å². The highest BCUT2D eigenvalue weighted by Gasteiger charge is 2.32. The lowest BCUT2D eigenvalue weighted by atomic mass is 9.97. The Balaban J connectivity index is 2.11. The van der Waals surface area contributed by atoms with Gasteiger partial charge in [-0.1, -0.05) is 30.3 Å². The summed E-state index contributed by atoms with van der Waals surface area (Å²) in [6, 6.07) is 9.26. The van der Waals surface area contributed by atoms with Gasteiger partial charge in [-0.25, -0.2) is 0 Å². The number of hydrogen-bond donors (Lipinski definition) is 1. The first-order valence-corrected chi connectivity index (χ1v) is 6.73. The maximum atomic E-state index is 12.5. The van der Waals surface area contributed by atoms with Crippen molar-refractivity contribution in [3.63, 3.8) is 0 Å². The molecule has 5 nitrogen and oxygen atoms in total. The molecule has 0 spiro atoms. The van der Waals surface area contributed by atoms with Gasteiger partial charge in [0.1, 0.15) is 0 Å². The molecule has 2 rings (SSSR count). The summed E-state index contributed by atoms with van der Waals surface area (Å²) in [5, 5.41) is 9.08. The molecular formula is C15H19NO4. The number of likely N-dealkylation sites (tertiary alicyclic amines) is 1. The van der Waals surface area contributed by atoms with E-state index in [1.807, 2.05) is 30.3 Å². The van der Waals surface area contributed by atoms with E-state index in [4.69, 9.17) is 9.84 Å². The number of carbonyl (C=O) groups excluding carboxylic acids is 1. The number of methoxy groups -OCH3 is 1. The lowest BCUT2D eigenvalue weighted by Gasteiger charge is -2.33. The topological polar surface area (TPSA) is 66.8 Å². The fourth-order valence-electron chi connectivity index (χ4n) is 2.55. The second-order valence-electron chi connectivity index (χ2n) is 4.99. The number of hydrogen-bond acceptors (Lipinski definition) is 3. The van der Waals surface area contributed by atoms with E-state index >= 15 is 0 Å². The van der Waals surface area contributed by atoms with E-state index < -0.39 is 18.0 Å². The van der Waals surface area contributed by atoms with Crippen LogP contribution in [0.5, 0.6) is 0 Å². The quantitative estimate of drug-likeness (QED) is 0.909. The molecule has 5 heteroatoms. The van der Waals surface area contributed by atoms with E-state index in [1.165, 1.54) is 7.11 Å². The molecule has 0 bridgehead atoms. The molecule has 1 saturated heterocycles. The summed E-state index contributed by atoms with van der Waals surface area (Å²) in [6.45, 7) is 0.857. The smallest absolute Gasteiger partial charge is 0.308 e. The number of benzene rings is 1. The van der Waals surface area contributed by atoms with E-state index in [1.54, 1.807) is 4.90 Å². The molecule has 1 heterocycles. The third kappa shape index (κ3) is 3.17. The summed E-state index contributed by atoms with van der Waals surface area (Å²) in [7, 11) is 1.49. The van der Waals surface area contributed by atoms with Crippen molar-refractivity contribution in [1.82, 2.24) is 4.90 Å². The second-order valence-corrected chi connectivity index (χ2v) is 4.99. The number of carboxylic acids is 1. The molecule has 1 aromatic rings. The SMILES string of the molecule is COC(C(=O)N1CCC[C@@H](C(=O)O)C1)c1ccccc1. The highest BCUT2D eigenvalue weighted by molar-refractivity contribution is 5.83. The molecule has 1 aliphatic rings. The molecule has 0 saturated carbocycles. The number of aliphatic carboxylic acids is 1. The molecule has 1 amide bonds. The van der Waals surface area contributed by atoms with Crippen molar-refractivity contribution in [3.8, 4) is 0 Å². The first kappa shape index (κ1) is 14.5. The van der Waals surface area contributed by atoms with Crippen LogP contribution in [0.15, 0.2) is 30.3 Å². The second kappa shape index (κ2) is 6.52. The van der Waals surface area contributed by atoms with E-state index in [2.05, 4.69) is 0 Å². The molecule has 1 unspecified atom stereocenters. The lowest BCUT2D eigenvalue weighted by Crippen LogP contribution is -2.44. The van der Waals surface area contributed by atoms with Gasteiger partial charge in [-0.3, -0.25) is 9.59 Å². The van der Waals surface area contributed by atoms with Gasteiger partial charge in [0, 0.05) is 20.2 Å². The van der Waals surface area contributed by atoms with Crippen molar-refractivity contribution >= 4 is 11.9 Å². The fraction of sp³-hybridized carbons (Fsp3) is 0.467. The van der Waals surface area contributed by atoms with Crippen LogP contribution in [0.25, 0.3) is 0 Å². The first-order valence-electron chi connectivity index (χ1n) is 6.73. The van der Waals surface area contributed by atoms with Crippen molar-refractivity contribution in [1.29, 1.82) is 0 Å². The minimum absolute atomic E-state index is 0.162. The molecule has 1 fully saturated rings. The van der Waals surface area contributed by atoms with Gasteiger partial charge in [0.15, 0.2) is 6.10 Å². The Morgan fingerprint density at radius 2 is 2.05 bits per heavy atom. The predicted octanol–water partition coefficient (Wildman–Crippen LogP) is 1.70. The molecule has 0 radical (unpaired) electrons. The molecule has 0 aromatic heterocycles. The van der Waals surface area contributed by atoms with Crippen molar-refractivity contribution in [2.45, 2.75) is 18.9 Å². The third-order valence-corrected chi connectivity index (χ3v) is 3.64. The Kier molecular flexibility index (Phi) is 4.74. The van der Waals surface area contributed by atoms with Crippen LogP contribution >= 0.6 is 0 Å². The van der Waals surface area contributed by atoms with Crippen LogP contribution in [0, 0.1) is 5.92 Å². The summed E-state index contributed by atoms with van der Waals surface area (Å²) in [4.78, 5) is 25.2. The molecule has 2 atom stereocenters. The van der Waals surface area contributed by atoms with Gasteiger partial charge in [0.05, 0.1) is 5.92 Å². The van der Waals surface area contributed by atoms with Crippen molar-refractivity contribution in [3.05, 3.63) is 35.9 Å². The third-order valence-electron chi connectivity index (χ3n) is 3.64. The zero-order chi connectivity index (χ0) is 14.5. The minimum Gasteiger partial charge on any atom is -0.481 e. The Morgan fingerprint density at radius 1 is 1.35 bits per heavy atom. The van der Waals surface area contributed by atoms with Crippen LogP contribution < -0.4 is 0 Å². The number of carbonyl (C=O) groups is 2. The molecular weight excluding hydrogens is 258 g/mol. The molecule has 0 aliphatic carbocycles. The molecule has 108 valence electrons. The summed E-state index contributed by atoms with van der Waals surface area (Å²) in [5.74, 6) is -1.47. The zero-order valence-electron chi connectivity index (χ0n) is 11.5. The summed E-state index contributed by atoms with van der Waals surface area (Å²) in [5.41, 5.74) is 0.789. The van der Waals surface area contributed by atoms with Gasteiger partial charge in [-0.15, -0.1) is 0 Å². The molecule has 20 heavy (non-hydrogen) atoms. The van der Waals surface area contributed by atoms with Crippen LogP contribution in [0.1, 0.15) is 24.5 Å². The van der Waals surface area contributed by atoms with E-state index in [-0.39, 0.29) is 12.5 Å². The van der Waals surface area contributed by atoms with E-state index in [0.29, 0.717) is 19.4 Å². The Labute approximate surface area is 118 Å². The average molecular weight is 277 g/mol. The monoisotopic (exact) mass is 277 g/mol. The average Bonchev–Trinajstić information content (AvgIpc) is 2.49. The number of ether oxygens (including phenoxy) is 1. The van der Waals surface area contributed by atoms with Gasteiger partial charge < -0.3 is 14.7 Å². The van der Waals surface area contributed by atoms with Crippen LogP contribution in [-0.2, 0) is 14.3 Å². The highest BCUT2D eigenvalue weighted by Crippen LogP contribution is 2.23. The fourth-order valence-corrected chi connectivity index (χ4v) is 2.55. The van der Waals surface area contributed by atoms with Gasteiger partial charge in [0.25, 0.3) is 5.91 Å². The Bertz CT molecular complexity index is 474. The maximum Gasteiger partial charge on any atom is 0.308 e. The summed E-state index contributed by atoms with van der Waals surface area (Å²) in [6.07, 6.45) is 0.680.